The van der Waals surface area contributed by atoms with Crippen molar-refractivity contribution in [3.8, 4) is 0 Å². The molecule has 2 aliphatic rings. The Morgan fingerprint density at radius 1 is 1.29 bits per heavy atom. The highest BCUT2D eigenvalue weighted by Crippen LogP contribution is 2.22. The van der Waals surface area contributed by atoms with E-state index in [1.165, 1.54) is 13.0 Å². The molecule has 1 N–H and O–H groups in total. The first-order valence-electron chi connectivity index (χ1n) is 7.03. The van der Waals surface area contributed by atoms with Crippen LogP contribution in [0, 0.1) is 0 Å². The molecule has 2 saturated heterocycles. The first kappa shape index (κ1) is 12.8. The molecule has 0 bridgehead atoms. The van der Waals surface area contributed by atoms with Crippen LogP contribution in [0.1, 0.15) is 39.5 Å². The number of carbonyl (C=O) groups excluding carboxylic acids is 1. The van der Waals surface area contributed by atoms with E-state index in [2.05, 4.69) is 29.0 Å². The van der Waals surface area contributed by atoms with E-state index in [1.54, 1.807) is 0 Å². The zero-order chi connectivity index (χ0) is 12.3. The summed E-state index contributed by atoms with van der Waals surface area (Å²) in [5.41, 5.74) is 0. The maximum absolute atomic E-state index is 11.9. The summed E-state index contributed by atoms with van der Waals surface area (Å²) in [6.45, 7) is 8.42. The van der Waals surface area contributed by atoms with Gasteiger partial charge in [-0.05, 0) is 32.2 Å². The average molecular weight is 239 g/mol. The van der Waals surface area contributed by atoms with E-state index in [4.69, 9.17) is 0 Å². The van der Waals surface area contributed by atoms with Crippen LogP contribution < -0.4 is 5.32 Å². The number of nitrogens with zero attached hydrogens (tertiary/aromatic N) is 2. The molecule has 2 rings (SSSR count). The van der Waals surface area contributed by atoms with Crippen LogP contribution >= 0.6 is 0 Å². The lowest BCUT2D eigenvalue weighted by atomic mass is 10.0. The van der Waals surface area contributed by atoms with Crippen molar-refractivity contribution in [2.45, 2.75) is 51.7 Å². The summed E-state index contributed by atoms with van der Waals surface area (Å²) in [4.78, 5) is 16.5. The summed E-state index contributed by atoms with van der Waals surface area (Å²) < 4.78 is 0. The highest BCUT2D eigenvalue weighted by Gasteiger charge is 2.35. The first-order chi connectivity index (χ1) is 8.26. The molecular weight excluding hydrogens is 214 g/mol. The zero-order valence-electron chi connectivity index (χ0n) is 11.1. The lowest BCUT2D eigenvalue weighted by molar-refractivity contribution is -0.131. The van der Waals surface area contributed by atoms with Crippen LogP contribution in [0.2, 0.25) is 0 Å². The molecule has 0 aromatic rings. The van der Waals surface area contributed by atoms with Crippen molar-refractivity contribution in [2.75, 3.05) is 26.2 Å². The van der Waals surface area contributed by atoms with Gasteiger partial charge < -0.3 is 9.80 Å². The monoisotopic (exact) mass is 239 g/mol. The van der Waals surface area contributed by atoms with Gasteiger partial charge in [-0.3, -0.25) is 10.1 Å². The van der Waals surface area contributed by atoms with E-state index in [0.717, 1.165) is 32.4 Å². The van der Waals surface area contributed by atoms with Crippen molar-refractivity contribution in [1.82, 2.24) is 15.1 Å². The summed E-state index contributed by atoms with van der Waals surface area (Å²) in [7, 11) is 0. The Hall–Kier alpha value is -0.610. The van der Waals surface area contributed by atoms with Crippen molar-refractivity contribution in [3.63, 3.8) is 0 Å². The number of rotatable bonds is 4. The molecular formula is C13H25N3O. The molecule has 98 valence electrons. The van der Waals surface area contributed by atoms with Gasteiger partial charge in [0.1, 0.15) is 0 Å². The summed E-state index contributed by atoms with van der Waals surface area (Å²) in [5.74, 6) is 0.297. The van der Waals surface area contributed by atoms with E-state index >= 15 is 0 Å². The van der Waals surface area contributed by atoms with E-state index in [-0.39, 0.29) is 6.17 Å². The highest BCUT2D eigenvalue weighted by molar-refractivity contribution is 5.81. The van der Waals surface area contributed by atoms with Gasteiger partial charge in [0.05, 0.1) is 12.7 Å². The molecule has 4 nitrogen and oxygen atoms in total. The lowest BCUT2D eigenvalue weighted by Crippen LogP contribution is -2.49. The van der Waals surface area contributed by atoms with E-state index in [0.29, 0.717) is 18.5 Å². The van der Waals surface area contributed by atoms with Gasteiger partial charge in [0.15, 0.2) is 0 Å². The largest absolute Gasteiger partial charge is 0.323 e. The van der Waals surface area contributed by atoms with Crippen LogP contribution in [0.5, 0.6) is 0 Å². The summed E-state index contributed by atoms with van der Waals surface area (Å²) in [6, 6.07) is 0.468. The van der Waals surface area contributed by atoms with Gasteiger partial charge in [-0.1, -0.05) is 13.8 Å². The third-order valence-corrected chi connectivity index (χ3v) is 3.99. The number of likely N-dealkylation sites (tertiary alicyclic amines) is 1. The molecule has 1 atom stereocenters. The van der Waals surface area contributed by atoms with Gasteiger partial charge in [0.2, 0.25) is 5.91 Å². The van der Waals surface area contributed by atoms with Crippen LogP contribution in [0.15, 0.2) is 0 Å². The van der Waals surface area contributed by atoms with Crippen LogP contribution in [0.25, 0.3) is 0 Å². The second-order valence-electron chi connectivity index (χ2n) is 5.18. The molecule has 4 heteroatoms. The Bertz CT molecular complexity index is 261. The lowest BCUT2D eigenvalue weighted by Gasteiger charge is -2.38. The molecule has 0 aliphatic carbocycles. The van der Waals surface area contributed by atoms with Gasteiger partial charge in [0.25, 0.3) is 0 Å². The van der Waals surface area contributed by atoms with Gasteiger partial charge in [-0.2, -0.15) is 0 Å². The Morgan fingerprint density at radius 2 is 2.00 bits per heavy atom. The third kappa shape index (κ3) is 2.80. The minimum atomic E-state index is 0.283. The number of carbonyl (C=O) groups is 1. The summed E-state index contributed by atoms with van der Waals surface area (Å²) in [6.07, 6.45) is 4.81. The van der Waals surface area contributed by atoms with Crippen LogP contribution in [-0.4, -0.2) is 54.1 Å². The minimum Gasteiger partial charge on any atom is -0.323 e. The molecule has 1 unspecified atom stereocenters. The third-order valence-electron chi connectivity index (χ3n) is 3.99. The zero-order valence-corrected chi connectivity index (χ0v) is 11.1. The molecule has 0 aromatic heterocycles. The molecule has 0 aromatic carbocycles. The molecule has 1 amide bonds. The van der Waals surface area contributed by atoms with E-state index < -0.39 is 0 Å². The van der Waals surface area contributed by atoms with E-state index in [9.17, 15) is 4.79 Å². The molecule has 0 radical (unpaired) electrons. The van der Waals surface area contributed by atoms with Gasteiger partial charge in [0, 0.05) is 19.1 Å². The fourth-order valence-electron chi connectivity index (χ4n) is 3.11. The van der Waals surface area contributed by atoms with Gasteiger partial charge >= 0.3 is 0 Å². The average Bonchev–Trinajstić information content (AvgIpc) is 2.72. The Balaban J connectivity index is 1.89. The van der Waals surface area contributed by atoms with Crippen LogP contribution in [-0.2, 0) is 4.79 Å². The predicted octanol–water partition coefficient (Wildman–Crippen LogP) is 1.03. The van der Waals surface area contributed by atoms with Crippen LogP contribution in [0.4, 0.5) is 0 Å². The molecule has 0 spiro atoms. The van der Waals surface area contributed by atoms with Gasteiger partial charge in [-0.25, -0.2) is 0 Å². The van der Waals surface area contributed by atoms with Crippen molar-refractivity contribution in [3.05, 3.63) is 0 Å². The predicted molar refractivity (Wildman–Crippen MR) is 68.7 cm³/mol. The van der Waals surface area contributed by atoms with E-state index in [1.807, 2.05) is 0 Å². The molecule has 0 saturated carbocycles. The number of amides is 1. The topological polar surface area (TPSA) is 35.6 Å². The van der Waals surface area contributed by atoms with Crippen molar-refractivity contribution < 1.29 is 4.79 Å². The normalized spacial score (nSPS) is 28.0. The Labute approximate surface area is 104 Å². The van der Waals surface area contributed by atoms with Gasteiger partial charge in [-0.15, -0.1) is 0 Å². The number of hydrogen-bond acceptors (Lipinski definition) is 3. The standard InChI is InChI=1S/C13H25N3O/c1-3-7-15-8-5-11(6-9-15)16-12(4-2)14-10-13(16)17/h11-12,14H,3-10H2,1-2H3. The summed E-state index contributed by atoms with van der Waals surface area (Å²) >= 11 is 0. The Morgan fingerprint density at radius 3 is 2.59 bits per heavy atom. The van der Waals surface area contributed by atoms with Crippen LogP contribution in [0.3, 0.4) is 0 Å². The van der Waals surface area contributed by atoms with Crippen molar-refractivity contribution in [2.24, 2.45) is 0 Å². The second-order valence-corrected chi connectivity index (χ2v) is 5.18. The number of piperidine rings is 1. The quantitative estimate of drug-likeness (QED) is 0.796. The molecule has 2 fully saturated rings. The highest BCUT2D eigenvalue weighted by atomic mass is 16.2. The maximum atomic E-state index is 11.9. The maximum Gasteiger partial charge on any atom is 0.238 e. The fraction of sp³-hybridized carbons (Fsp3) is 0.923. The fourth-order valence-corrected chi connectivity index (χ4v) is 3.11. The summed E-state index contributed by atoms with van der Waals surface area (Å²) in [5, 5.41) is 3.30. The molecule has 17 heavy (non-hydrogen) atoms. The molecule has 2 heterocycles. The molecule has 2 aliphatic heterocycles. The van der Waals surface area contributed by atoms with Crippen molar-refractivity contribution in [1.29, 1.82) is 0 Å². The number of hydrogen-bond donors (Lipinski definition) is 1. The number of nitrogens with one attached hydrogen (secondary N) is 1. The smallest absolute Gasteiger partial charge is 0.238 e. The SMILES string of the molecule is CCCN1CCC(N2C(=O)CNC2CC)CC1. The second kappa shape index (κ2) is 5.83. The Kier molecular flexibility index (Phi) is 4.40. The minimum absolute atomic E-state index is 0.283. The first-order valence-corrected chi connectivity index (χ1v) is 7.03. The van der Waals surface area contributed by atoms with Crippen molar-refractivity contribution >= 4 is 5.91 Å².